The van der Waals surface area contributed by atoms with E-state index in [1.165, 1.54) is 0 Å². The first-order valence-electron chi connectivity index (χ1n) is 9.42. The van der Waals surface area contributed by atoms with Crippen LogP contribution in [0.25, 0.3) is 0 Å². The number of hydrogen-bond acceptors (Lipinski definition) is 5. The fourth-order valence-electron chi connectivity index (χ4n) is 3.96. The molecular weight excluding hydrogens is 320 g/mol. The Labute approximate surface area is 149 Å². The summed E-state index contributed by atoms with van der Waals surface area (Å²) in [4.78, 5) is 39.3. The first kappa shape index (κ1) is 19.5. The molecule has 1 aromatic carbocycles. The van der Waals surface area contributed by atoms with Crippen molar-refractivity contribution < 1.29 is 9.90 Å². The number of nitrogens with zero attached hydrogens (tertiary/aromatic N) is 2. The van der Waals surface area contributed by atoms with Crippen LogP contribution in [0.5, 0.6) is 0 Å². The molecule has 0 heterocycles. The third kappa shape index (κ3) is 4.22. The summed E-state index contributed by atoms with van der Waals surface area (Å²) >= 11 is 0. The van der Waals surface area contributed by atoms with Crippen molar-refractivity contribution in [3.05, 3.63) is 20.4 Å². The molecule has 2 rings (SSSR count). The van der Waals surface area contributed by atoms with E-state index >= 15 is 0 Å². The molecule has 0 aromatic heterocycles. The topological polar surface area (TPSA) is 77.9 Å². The zero-order chi connectivity index (χ0) is 18.6. The average Bonchev–Trinajstić information content (AvgIpc) is 2.58. The van der Waals surface area contributed by atoms with Gasteiger partial charge in [0.25, 0.3) is 10.9 Å². The molecule has 0 saturated heterocycles. The van der Waals surface area contributed by atoms with Gasteiger partial charge in [-0.05, 0) is 44.4 Å². The van der Waals surface area contributed by atoms with Gasteiger partial charge in [-0.1, -0.05) is 13.8 Å². The minimum Gasteiger partial charge on any atom is -0.481 e. The summed E-state index contributed by atoms with van der Waals surface area (Å²) in [7, 11) is 1.87. The van der Waals surface area contributed by atoms with Crippen molar-refractivity contribution in [3.8, 4) is 0 Å². The number of hydrogen-bond donors (Lipinski definition) is 1. The second-order valence-corrected chi connectivity index (χ2v) is 7.28. The summed E-state index contributed by atoms with van der Waals surface area (Å²) in [6.07, 6.45) is 4.98. The predicted molar refractivity (Wildman–Crippen MR) is 101 cm³/mol. The molecule has 1 aromatic rings. The maximum Gasteiger partial charge on any atom is 0.306 e. The maximum absolute atomic E-state index is 12.2. The van der Waals surface area contributed by atoms with Gasteiger partial charge >= 0.3 is 5.97 Å². The van der Waals surface area contributed by atoms with Crippen molar-refractivity contribution in [1.29, 1.82) is 0 Å². The Balaban J connectivity index is 2.06. The van der Waals surface area contributed by atoms with Crippen LogP contribution in [0.3, 0.4) is 0 Å². The summed E-state index contributed by atoms with van der Waals surface area (Å²) in [5, 5.41) is 9.10. The van der Waals surface area contributed by atoms with Crippen LogP contribution in [-0.2, 0) is 4.79 Å². The van der Waals surface area contributed by atoms with Crippen LogP contribution in [0.1, 0.15) is 52.4 Å². The Morgan fingerprint density at radius 3 is 2.00 bits per heavy atom. The van der Waals surface area contributed by atoms with Gasteiger partial charge in [0.15, 0.2) is 0 Å². The Morgan fingerprint density at radius 1 is 1.00 bits per heavy atom. The standard InChI is InChI=1S/C19H30N2O4/c1-4-10-21(11-5-2)16-15(17(22)18(16)23)20(3)12-13-6-8-14(9-7-13)19(24)25/h13-14H,4-12H2,1-3H3,(H,24,25)/t13-,14-. The Morgan fingerprint density at radius 2 is 1.52 bits per heavy atom. The van der Waals surface area contributed by atoms with E-state index in [-0.39, 0.29) is 16.8 Å². The van der Waals surface area contributed by atoms with E-state index in [1.54, 1.807) is 0 Å². The van der Waals surface area contributed by atoms with Crippen molar-refractivity contribution in [2.45, 2.75) is 52.4 Å². The third-order valence-electron chi connectivity index (χ3n) is 5.27. The summed E-state index contributed by atoms with van der Waals surface area (Å²) in [5.74, 6) is -0.553. The van der Waals surface area contributed by atoms with Gasteiger partial charge in [0.2, 0.25) is 0 Å². The minimum atomic E-state index is -0.702. The highest BCUT2D eigenvalue weighted by Crippen LogP contribution is 2.31. The second-order valence-electron chi connectivity index (χ2n) is 7.28. The van der Waals surface area contributed by atoms with Gasteiger partial charge in [-0.3, -0.25) is 14.4 Å². The van der Waals surface area contributed by atoms with E-state index in [9.17, 15) is 14.4 Å². The van der Waals surface area contributed by atoms with E-state index in [1.807, 2.05) is 16.8 Å². The van der Waals surface area contributed by atoms with Gasteiger partial charge in [0, 0.05) is 26.7 Å². The van der Waals surface area contributed by atoms with E-state index in [4.69, 9.17) is 5.11 Å². The molecular formula is C19H30N2O4. The Hall–Kier alpha value is -1.85. The molecule has 0 aliphatic heterocycles. The molecule has 1 aliphatic rings. The molecule has 140 valence electrons. The maximum atomic E-state index is 12.2. The fraction of sp³-hybridized carbons (Fsp3) is 0.737. The molecule has 0 radical (unpaired) electrons. The van der Waals surface area contributed by atoms with Crippen LogP contribution in [0.15, 0.2) is 9.59 Å². The predicted octanol–water partition coefficient (Wildman–Crippen LogP) is 2.24. The number of rotatable bonds is 9. The zero-order valence-corrected chi connectivity index (χ0v) is 15.6. The van der Waals surface area contributed by atoms with Gasteiger partial charge in [-0.15, -0.1) is 0 Å². The van der Waals surface area contributed by atoms with Gasteiger partial charge in [-0.25, -0.2) is 0 Å². The largest absolute Gasteiger partial charge is 0.481 e. The van der Waals surface area contributed by atoms with E-state index < -0.39 is 5.97 Å². The first-order chi connectivity index (χ1) is 11.9. The highest BCUT2D eigenvalue weighted by Gasteiger charge is 2.31. The van der Waals surface area contributed by atoms with Crippen LogP contribution < -0.4 is 20.7 Å². The lowest BCUT2D eigenvalue weighted by Gasteiger charge is -2.34. The Bertz CT molecular complexity index is 649. The summed E-state index contributed by atoms with van der Waals surface area (Å²) in [6, 6.07) is 0. The molecule has 25 heavy (non-hydrogen) atoms. The van der Waals surface area contributed by atoms with E-state index in [0.29, 0.717) is 36.7 Å². The lowest BCUT2D eigenvalue weighted by molar-refractivity contribution is -0.143. The minimum absolute atomic E-state index is 0.229. The highest BCUT2D eigenvalue weighted by atomic mass is 16.4. The lowest BCUT2D eigenvalue weighted by Crippen LogP contribution is -2.47. The molecule has 1 aliphatic carbocycles. The summed E-state index contributed by atoms with van der Waals surface area (Å²) < 4.78 is 0. The number of carbonyl (C=O) groups is 1. The molecule has 0 atom stereocenters. The summed E-state index contributed by atoms with van der Waals surface area (Å²) in [5.41, 5.74) is 0.384. The highest BCUT2D eigenvalue weighted by molar-refractivity contribution is 5.76. The molecule has 1 saturated carbocycles. The molecule has 6 heteroatoms. The molecule has 6 nitrogen and oxygen atoms in total. The van der Waals surface area contributed by atoms with Gasteiger partial charge < -0.3 is 14.9 Å². The van der Waals surface area contributed by atoms with Crippen molar-refractivity contribution >= 4 is 17.3 Å². The molecule has 0 unspecified atom stereocenters. The van der Waals surface area contributed by atoms with Crippen LogP contribution in [0.2, 0.25) is 0 Å². The number of carboxylic acid groups (broad SMARTS) is 1. The Kier molecular flexibility index (Phi) is 6.62. The number of carboxylic acids is 1. The van der Waals surface area contributed by atoms with Crippen LogP contribution >= 0.6 is 0 Å². The van der Waals surface area contributed by atoms with Gasteiger partial charge in [0.05, 0.1) is 5.92 Å². The quantitative estimate of drug-likeness (QED) is 0.688. The van der Waals surface area contributed by atoms with Crippen molar-refractivity contribution in [3.63, 3.8) is 0 Å². The van der Waals surface area contributed by atoms with Crippen LogP contribution in [0, 0.1) is 11.8 Å². The SMILES string of the molecule is CCCN(CCC)c1c(N(C)C[C@H]2CC[C@H](C(=O)O)CC2)c(=O)c1=O. The normalized spacial score (nSPS) is 20.6. The average molecular weight is 350 g/mol. The second kappa shape index (κ2) is 8.50. The fourth-order valence-corrected chi connectivity index (χ4v) is 3.96. The molecule has 1 fully saturated rings. The molecule has 0 bridgehead atoms. The lowest BCUT2D eigenvalue weighted by atomic mass is 9.82. The first-order valence-corrected chi connectivity index (χ1v) is 9.42. The molecule has 0 spiro atoms. The van der Waals surface area contributed by atoms with Crippen molar-refractivity contribution in [2.75, 3.05) is 36.5 Å². The monoisotopic (exact) mass is 350 g/mol. The zero-order valence-electron chi connectivity index (χ0n) is 15.6. The van der Waals surface area contributed by atoms with Crippen molar-refractivity contribution in [1.82, 2.24) is 0 Å². The van der Waals surface area contributed by atoms with Gasteiger partial charge in [-0.2, -0.15) is 0 Å². The number of aliphatic carboxylic acids is 1. The smallest absolute Gasteiger partial charge is 0.306 e. The van der Waals surface area contributed by atoms with Crippen LogP contribution in [-0.4, -0.2) is 37.8 Å². The van der Waals surface area contributed by atoms with Crippen molar-refractivity contribution in [2.24, 2.45) is 11.8 Å². The van der Waals surface area contributed by atoms with E-state index in [0.717, 1.165) is 38.8 Å². The molecule has 1 N–H and O–H groups in total. The number of anilines is 2. The molecule has 0 amide bonds. The summed E-state index contributed by atoms with van der Waals surface area (Å²) in [6.45, 7) is 6.40. The third-order valence-corrected chi connectivity index (χ3v) is 5.27. The van der Waals surface area contributed by atoms with E-state index in [2.05, 4.69) is 13.8 Å². The van der Waals surface area contributed by atoms with Crippen LogP contribution in [0.4, 0.5) is 11.4 Å². The van der Waals surface area contributed by atoms with Gasteiger partial charge in [0.1, 0.15) is 11.4 Å².